The molecule has 17 heavy (non-hydrogen) atoms. The van der Waals surface area contributed by atoms with Crippen molar-refractivity contribution >= 4 is 11.7 Å². The van der Waals surface area contributed by atoms with Crippen LogP contribution < -0.4 is 10.6 Å². The van der Waals surface area contributed by atoms with E-state index in [1.54, 1.807) is 13.8 Å². The zero-order valence-corrected chi connectivity index (χ0v) is 9.45. The molecule has 0 atom stereocenters. The van der Waals surface area contributed by atoms with E-state index in [1.807, 2.05) is 0 Å². The van der Waals surface area contributed by atoms with Gasteiger partial charge in [0, 0.05) is 11.7 Å². The highest BCUT2D eigenvalue weighted by atomic mass is 19.4. The number of alkyl halides is 3. The van der Waals surface area contributed by atoms with Crippen LogP contribution in [0.1, 0.15) is 19.4 Å². The van der Waals surface area contributed by atoms with Crippen LogP contribution in [0.5, 0.6) is 0 Å². The van der Waals surface area contributed by atoms with Crippen LogP contribution in [0, 0.1) is 0 Å². The third-order valence-corrected chi connectivity index (χ3v) is 2.21. The number of rotatable bonds is 2. The Labute approximate surface area is 97.0 Å². The average Bonchev–Trinajstić information content (AvgIpc) is 2.15. The molecule has 0 heterocycles. The number of hydrogen-bond acceptors (Lipinski definition) is 1. The van der Waals surface area contributed by atoms with Gasteiger partial charge in [-0.2, -0.15) is 13.2 Å². The Morgan fingerprint density at radius 2 is 1.94 bits per heavy atom. The van der Waals surface area contributed by atoms with Gasteiger partial charge in [0.1, 0.15) is 0 Å². The molecule has 0 fully saturated rings. The number of carbonyl (C=O) groups excluding carboxylic acids is 1. The van der Waals surface area contributed by atoms with Gasteiger partial charge in [0.25, 0.3) is 0 Å². The third kappa shape index (κ3) is 3.12. The van der Waals surface area contributed by atoms with Crippen molar-refractivity contribution in [3.05, 3.63) is 29.8 Å². The second-order valence-corrected chi connectivity index (χ2v) is 3.85. The lowest BCUT2D eigenvalue weighted by Crippen LogP contribution is -2.41. The number of anilines is 1. The van der Waals surface area contributed by atoms with Crippen LogP contribution in [0.3, 0.4) is 0 Å². The molecule has 0 aliphatic carbocycles. The number of benzene rings is 1. The Kier molecular flexibility index (Phi) is 3.65. The van der Waals surface area contributed by atoms with E-state index >= 15 is 0 Å². The van der Waals surface area contributed by atoms with Crippen LogP contribution in [0.4, 0.5) is 23.7 Å². The van der Waals surface area contributed by atoms with Crippen molar-refractivity contribution < 1.29 is 18.0 Å². The summed E-state index contributed by atoms with van der Waals surface area (Å²) in [6, 6.07) is 3.43. The number of carbonyl (C=O) groups is 1. The molecule has 3 nitrogen and oxygen atoms in total. The molecule has 1 aromatic rings. The number of primary amides is 1. The molecule has 6 heteroatoms. The molecule has 1 aromatic carbocycles. The maximum Gasteiger partial charge on any atom is 0.416 e. The first kappa shape index (κ1) is 13.3. The second-order valence-electron chi connectivity index (χ2n) is 3.85. The molecule has 2 amide bonds. The Balaban J connectivity index is 3.18. The number of hydrogen-bond donors (Lipinski definition) is 1. The Morgan fingerprint density at radius 3 is 2.35 bits per heavy atom. The monoisotopic (exact) mass is 246 g/mol. The van der Waals surface area contributed by atoms with Gasteiger partial charge in [-0.3, -0.25) is 4.90 Å². The van der Waals surface area contributed by atoms with Crippen molar-refractivity contribution in [2.45, 2.75) is 26.1 Å². The van der Waals surface area contributed by atoms with E-state index < -0.39 is 17.8 Å². The third-order valence-electron chi connectivity index (χ3n) is 2.21. The first-order valence-corrected chi connectivity index (χ1v) is 4.99. The molecule has 94 valence electrons. The fourth-order valence-corrected chi connectivity index (χ4v) is 1.51. The van der Waals surface area contributed by atoms with Gasteiger partial charge in [0.05, 0.1) is 5.56 Å². The normalized spacial score (nSPS) is 11.6. The van der Waals surface area contributed by atoms with Crippen LogP contribution in [0.2, 0.25) is 0 Å². The van der Waals surface area contributed by atoms with Crippen LogP contribution >= 0.6 is 0 Å². The second kappa shape index (κ2) is 4.65. The van der Waals surface area contributed by atoms with Gasteiger partial charge in [0.15, 0.2) is 0 Å². The van der Waals surface area contributed by atoms with E-state index in [9.17, 15) is 18.0 Å². The van der Waals surface area contributed by atoms with E-state index in [-0.39, 0.29) is 11.7 Å². The number of urea groups is 1. The maximum absolute atomic E-state index is 12.5. The predicted octanol–water partition coefficient (Wildman–Crippen LogP) is 3.00. The van der Waals surface area contributed by atoms with Gasteiger partial charge in [-0.05, 0) is 32.0 Å². The number of nitrogens with zero attached hydrogens (tertiary/aromatic N) is 1. The summed E-state index contributed by atoms with van der Waals surface area (Å²) in [5, 5.41) is 0. The van der Waals surface area contributed by atoms with Crippen molar-refractivity contribution in [1.82, 2.24) is 0 Å². The van der Waals surface area contributed by atoms with Gasteiger partial charge in [0.2, 0.25) is 0 Å². The van der Waals surface area contributed by atoms with Crippen molar-refractivity contribution in [3.8, 4) is 0 Å². The summed E-state index contributed by atoms with van der Waals surface area (Å²) >= 11 is 0. The summed E-state index contributed by atoms with van der Waals surface area (Å²) in [7, 11) is 0. The molecule has 0 radical (unpaired) electrons. The molecular formula is C11H13F3N2O. The standard InChI is InChI=1S/C11H13F3N2O/c1-7(2)16(10(15)17)9-5-3-4-8(6-9)11(12,13)14/h3-7H,1-2H3,(H2,15,17). The first-order chi connectivity index (χ1) is 7.73. The van der Waals surface area contributed by atoms with E-state index in [0.717, 1.165) is 17.0 Å². The van der Waals surface area contributed by atoms with Crippen LogP contribution in [0.25, 0.3) is 0 Å². The Morgan fingerprint density at radius 1 is 1.35 bits per heavy atom. The molecule has 0 aliphatic heterocycles. The quantitative estimate of drug-likeness (QED) is 0.856. The molecule has 0 aromatic heterocycles. The zero-order chi connectivity index (χ0) is 13.2. The first-order valence-electron chi connectivity index (χ1n) is 4.99. The van der Waals surface area contributed by atoms with Crippen LogP contribution in [-0.2, 0) is 6.18 Å². The fourth-order valence-electron chi connectivity index (χ4n) is 1.51. The highest BCUT2D eigenvalue weighted by Crippen LogP contribution is 2.31. The summed E-state index contributed by atoms with van der Waals surface area (Å²) in [5.74, 6) is 0. The highest BCUT2D eigenvalue weighted by Gasteiger charge is 2.31. The minimum atomic E-state index is -4.43. The molecule has 0 bridgehead atoms. The van der Waals surface area contributed by atoms with Gasteiger partial charge >= 0.3 is 12.2 Å². The SMILES string of the molecule is CC(C)N(C(N)=O)c1cccc(C(F)(F)F)c1. The summed E-state index contributed by atoms with van der Waals surface area (Å²) < 4.78 is 37.5. The van der Waals surface area contributed by atoms with Crippen LogP contribution in [-0.4, -0.2) is 12.1 Å². The minimum Gasteiger partial charge on any atom is -0.351 e. The topological polar surface area (TPSA) is 46.3 Å². The molecule has 0 saturated carbocycles. The average molecular weight is 246 g/mol. The number of amides is 2. The predicted molar refractivity (Wildman–Crippen MR) is 58.6 cm³/mol. The van der Waals surface area contributed by atoms with Crippen molar-refractivity contribution in [1.29, 1.82) is 0 Å². The van der Waals surface area contributed by atoms with Gasteiger partial charge in [-0.25, -0.2) is 4.79 Å². The Bertz CT molecular complexity index is 415. The molecule has 1 rings (SSSR count). The maximum atomic E-state index is 12.5. The lowest BCUT2D eigenvalue weighted by atomic mass is 10.1. The molecule has 2 N–H and O–H groups in total. The minimum absolute atomic E-state index is 0.141. The van der Waals surface area contributed by atoms with Crippen molar-refractivity contribution in [2.75, 3.05) is 4.90 Å². The largest absolute Gasteiger partial charge is 0.416 e. The highest BCUT2D eigenvalue weighted by molar-refractivity contribution is 5.91. The molecule has 0 spiro atoms. The van der Waals surface area contributed by atoms with E-state index in [0.29, 0.717) is 0 Å². The van der Waals surface area contributed by atoms with E-state index in [2.05, 4.69) is 0 Å². The Hall–Kier alpha value is -1.72. The van der Waals surface area contributed by atoms with E-state index in [1.165, 1.54) is 12.1 Å². The number of halogens is 3. The fraction of sp³-hybridized carbons (Fsp3) is 0.364. The smallest absolute Gasteiger partial charge is 0.351 e. The van der Waals surface area contributed by atoms with Gasteiger partial charge < -0.3 is 5.73 Å². The summed E-state index contributed by atoms with van der Waals surface area (Å²) in [5.41, 5.74) is 4.47. The van der Waals surface area contributed by atoms with Crippen molar-refractivity contribution in [2.24, 2.45) is 5.73 Å². The molecular weight excluding hydrogens is 233 g/mol. The number of nitrogens with two attached hydrogens (primary N) is 1. The van der Waals surface area contributed by atoms with Crippen LogP contribution in [0.15, 0.2) is 24.3 Å². The van der Waals surface area contributed by atoms with Gasteiger partial charge in [-0.1, -0.05) is 6.07 Å². The van der Waals surface area contributed by atoms with E-state index in [4.69, 9.17) is 5.73 Å². The molecule has 0 aliphatic rings. The lowest BCUT2D eigenvalue weighted by molar-refractivity contribution is -0.137. The lowest BCUT2D eigenvalue weighted by Gasteiger charge is -2.25. The van der Waals surface area contributed by atoms with Gasteiger partial charge in [-0.15, -0.1) is 0 Å². The zero-order valence-electron chi connectivity index (χ0n) is 9.45. The summed E-state index contributed by atoms with van der Waals surface area (Å²) in [6.07, 6.45) is -4.43. The summed E-state index contributed by atoms with van der Waals surface area (Å²) in [6.45, 7) is 3.34. The molecule has 0 saturated heterocycles. The molecule has 0 unspecified atom stereocenters. The summed E-state index contributed by atoms with van der Waals surface area (Å²) in [4.78, 5) is 12.3. The van der Waals surface area contributed by atoms with Crippen molar-refractivity contribution in [3.63, 3.8) is 0 Å².